The average Bonchev–Trinajstić information content (AvgIpc) is 3.17. The Bertz CT molecular complexity index is 1310. The predicted molar refractivity (Wildman–Crippen MR) is 143 cm³/mol. The Hall–Kier alpha value is -2.72. The van der Waals surface area contributed by atoms with Crippen molar-refractivity contribution in [3.8, 4) is 21.6 Å². The van der Waals surface area contributed by atoms with Crippen molar-refractivity contribution in [1.82, 2.24) is 9.80 Å². The topological polar surface area (TPSA) is 79.3 Å². The number of sulfonamides is 1. The molecule has 0 N–H and O–H groups in total. The van der Waals surface area contributed by atoms with Gasteiger partial charge in [0.05, 0.1) is 11.5 Å². The highest BCUT2D eigenvalue weighted by Crippen LogP contribution is 2.43. The number of esters is 1. The molecular weight excluding hydrogens is 506 g/mol. The first-order chi connectivity index (χ1) is 16.5. The smallest absolute Gasteiger partial charge is 0.348 e. The number of thiophene rings is 1. The van der Waals surface area contributed by atoms with Crippen molar-refractivity contribution in [3.63, 3.8) is 0 Å². The standard InChI is InChI=1S/C25H28ClN3O4S2/c1-6-33-25(30)24-22(17-9-13-20(14-10-17)35(31,32)27-16-29(4)5)21(15-28(2)3)23(34-24)18-7-11-19(26)12-8-18/h7-14,16H,6,15H2,1-5H3. The monoisotopic (exact) mass is 533 g/mol. The van der Waals surface area contributed by atoms with E-state index < -0.39 is 16.0 Å². The Labute approximate surface area is 215 Å². The highest BCUT2D eigenvalue weighted by molar-refractivity contribution is 7.90. The van der Waals surface area contributed by atoms with Crippen molar-refractivity contribution in [2.75, 3.05) is 34.8 Å². The number of nitrogens with zero attached hydrogens (tertiary/aromatic N) is 3. The molecule has 0 aliphatic heterocycles. The Morgan fingerprint density at radius 3 is 2.17 bits per heavy atom. The van der Waals surface area contributed by atoms with Gasteiger partial charge in [-0.2, -0.15) is 8.42 Å². The lowest BCUT2D eigenvalue weighted by molar-refractivity contribution is 0.0533. The van der Waals surface area contributed by atoms with Crippen LogP contribution in [-0.4, -0.2) is 65.3 Å². The number of carbonyl (C=O) groups is 1. The predicted octanol–water partition coefficient (Wildman–Crippen LogP) is 5.25. The zero-order chi connectivity index (χ0) is 25.8. The number of ether oxygens (including phenoxy) is 1. The van der Waals surface area contributed by atoms with E-state index in [1.807, 2.05) is 43.3 Å². The van der Waals surface area contributed by atoms with Crippen LogP contribution in [0.15, 0.2) is 57.8 Å². The van der Waals surface area contributed by atoms with Gasteiger partial charge in [-0.3, -0.25) is 0 Å². The third kappa shape index (κ3) is 6.49. The minimum Gasteiger partial charge on any atom is -0.462 e. The van der Waals surface area contributed by atoms with Crippen molar-refractivity contribution in [2.24, 2.45) is 4.40 Å². The van der Waals surface area contributed by atoms with E-state index in [9.17, 15) is 13.2 Å². The fourth-order valence-corrected chi connectivity index (χ4v) is 5.70. The van der Waals surface area contributed by atoms with Crippen LogP contribution in [0, 0.1) is 0 Å². The maximum Gasteiger partial charge on any atom is 0.348 e. The van der Waals surface area contributed by atoms with Gasteiger partial charge in [0.1, 0.15) is 11.2 Å². The summed E-state index contributed by atoms with van der Waals surface area (Å²) in [5.74, 6) is -0.417. The lowest BCUT2D eigenvalue weighted by Crippen LogP contribution is -2.12. The summed E-state index contributed by atoms with van der Waals surface area (Å²) in [6.45, 7) is 2.58. The van der Waals surface area contributed by atoms with Gasteiger partial charge in [0.2, 0.25) is 0 Å². The van der Waals surface area contributed by atoms with Crippen molar-refractivity contribution in [3.05, 3.63) is 64.0 Å². The molecule has 0 saturated carbocycles. The van der Waals surface area contributed by atoms with Crippen LogP contribution in [0.4, 0.5) is 0 Å². The molecule has 7 nitrogen and oxygen atoms in total. The molecule has 0 saturated heterocycles. The number of halogens is 1. The van der Waals surface area contributed by atoms with Gasteiger partial charge in [-0.05, 0) is 62.0 Å². The van der Waals surface area contributed by atoms with Crippen LogP contribution >= 0.6 is 22.9 Å². The van der Waals surface area contributed by atoms with Gasteiger partial charge in [0.25, 0.3) is 10.0 Å². The van der Waals surface area contributed by atoms with Crippen molar-refractivity contribution in [2.45, 2.75) is 18.4 Å². The SMILES string of the molecule is CCOC(=O)c1sc(-c2ccc(Cl)cc2)c(CN(C)C)c1-c1ccc(S(=O)(=O)N=CN(C)C)cc1. The van der Waals surface area contributed by atoms with Crippen LogP contribution in [0.5, 0.6) is 0 Å². The zero-order valence-electron chi connectivity index (χ0n) is 20.3. The van der Waals surface area contributed by atoms with Crippen LogP contribution in [0.3, 0.4) is 0 Å². The maximum absolute atomic E-state index is 13.0. The lowest BCUT2D eigenvalue weighted by Gasteiger charge is -2.14. The largest absolute Gasteiger partial charge is 0.462 e. The summed E-state index contributed by atoms with van der Waals surface area (Å²) in [4.78, 5) is 18.0. The molecule has 0 bridgehead atoms. The number of hydrogen-bond donors (Lipinski definition) is 0. The van der Waals surface area contributed by atoms with Gasteiger partial charge in [-0.25, -0.2) is 4.79 Å². The summed E-state index contributed by atoms with van der Waals surface area (Å²) >= 11 is 7.46. The molecule has 186 valence electrons. The minimum absolute atomic E-state index is 0.0688. The Balaban J connectivity index is 2.20. The second-order valence-electron chi connectivity index (χ2n) is 8.26. The highest BCUT2D eigenvalue weighted by atomic mass is 35.5. The summed E-state index contributed by atoms with van der Waals surface area (Å²) in [5.41, 5.74) is 3.33. The Morgan fingerprint density at radius 1 is 1.03 bits per heavy atom. The third-order valence-corrected chi connectivity index (χ3v) is 7.66. The number of carbonyl (C=O) groups excluding carboxylic acids is 1. The first-order valence-electron chi connectivity index (χ1n) is 10.8. The van der Waals surface area contributed by atoms with Crippen LogP contribution in [0.25, 0.3) is 21.6 Å². The quantitative estimate of drug-likeness (QED) is 0.212. The molecule has 3 aromatic rings. The first kappa shape index (κ1) is 26.9. The summed E-state index contributed by atoms with van der Waals surface area (Å²) in [6.07, 6.45) is 1.24. The van der Waals surface area contributed by atoms with Gasteiger partial charge in [-0.15, -0.1) is 15.7 Å². The van der Waals surface area contributed by atoms with Crippen molar-refractivity contribution >= 4 is 45.3 Å². The second kappa shape index (κ2) is 11.3. The molecule has 0 unspecified atom stereocenters. The number of rotatable bonds is 9. The van der Waals surface area contributed by atoms with E-state index in [1.54, 1.807) is 38.1 Å². The summed E-state index contributed by atoms with van der Waals surface area (Å²) < 4.78 is 34.2. The third-order valence-electron chi connectivity index (χ3n) is 4.91. The van der Waals surface area contributed by atoms with E-state index in [0.717, 1.165) is 27.1 Å². The molecule has 0 aliphatic rings. The fourth-order valence-electron chi connectivity index (χ4n) is 3.42. The zero-order valence-corrected chi connectivity index (χ0v) is 22.7. The van der Waals surface area contributed by atoms with Crippen LogP contribution in [0.2, 0.25) is 5.02 Å². The molecule has 1 aromatic heterocycles. The van der Waals surface area contributed by atoms with Gasteiger partial charge >= 0.3 is 5.97 Å². The van der Waals surface area contributed by atoms with E-state index in [-0.39, 0.29) is 11.5 Å². The van der Waals surface area contributed by atoms with Crippen LogP contribution < -0.4 is 0 Å². The Kier molecular flexibility index (Phi) is 8.71. The van der Waals surface area contributed by atoms with E-state index in [1.165, 1.54) is 29.8 Å². The number of hydrogen-bond acceptors (Lipinski definition) is 6. The van der Waals surface area contributed by atoms with E-state index in [0.29, 0.717) is 16.4 Å². The summed E-state index contributed by atoms with van der Waals surface area (Å²) in [6, 6.07) is 13.9. The maximum atomic E-state index is 13.0. The molecule has 0 aliphatic carbocycles. The second-order valence-corrected chi connectivity index (χ2v) is 11.4. The van der Waals surface area contributed by atoms with Crippen LogP contribution in [0.1, 0.15) is 22.2 Å². The van der Waals surface area contributed by atoms with E-state index in [4.69, 9.17) is 16.3 Å². The van der Waals surface area contributed by atoms with Gasteiger partial charge in [0.15, 0.2) is 0 Å². The molecule has 35 heavy (non-hydrogen) atoms. The van der Waals surface area contributed by atoms with Crippen LogP contribution in [-0.2, 0) is 21.3 Å². The minimum atomic E-state index is -3.84. The Morgan fingerprint density at radius 2 is 1.63 bits per heavy atom. The molecule has 0 amide bonds. The van der Waals surface area contributed by atoms with Crippen molar-refractivity contribution in [1.29, 1.82) is 0 Å². The highest BCUT2D eigenvalue weighted by Gasteiger charge is 2.26. The normalized spacial score (nSPS) is 11.9. The fraction of sp³-hybridized carbons (Fsp3) is 0.280. The van der Waals surface area contributed by atoms with Gasteiger partial charge in [0, 0.05) is 36.1 Å². The number of benzene rings is 2. The summed E-state index contributed by atoms with van der Waals surface area (Å²) in [5, 5.41) is 0.624. The molecule has 10 heteroatoms. The van der Waals surface area contributed by atoms with E-state index >= 15 is 0 Å². The molecule has 0 radical (unpaired) electrons. The van der Waals surface area contributed by atoms with Crippen molar-refractivity contribution < 1.29 is 17.9 Å². The van der Waals surface area contributed by atoms with Gasteiger partial charge in [-0.1, -0.05) is 35.9 Å². The lowest BCUT2D eigenvalue weighted by atomic mass is 9.97. The first-order valence-corrected chi connectivity index (χ1v) is 13.5. The molecule has 1 heterocycles. The van der Waals surface area contributed by atoms with E-state index in [2.05, 4.69) is 4.40 Å². The molecule has 2 aromatic carbocycles. The summed E-state index contributed by atoms with van der Waals surface area (Å²) in [7, 11) is 3.45. The molecule has 3 rings (SSSR count). The van der Waals surface area contributed by atoms with Gasteiger partial charge < -0.3 is 14.5 Å². The molecular formula is C25H28ClN3O4S2. The molecule has 0 spiro atoms. The molecule has 0 fully saturated rings. The average molecular weight is 534 g/mol. The molecule has 0 atom stereocenters.